The Hall–Kier alpha value is -1.09. The monoisotopic (exact) mass is 262 g/mol. The zero-order chi connectivity index (χ0) is 13.1. The molecule has 1 aliphatic heterocycles. The highest BCUT2D eigenvalue weighted by molar-refractivity contribution is 7.80. The van der Waals surface area contributed by atoms with E-state index in [1.54, 1.807) is 0 Å². The zero-order valence-corrected chi connectivity index (χ0v) is 12.3. The van der Waals surface area contributed by atoms with Gasteiger partial charge in [-0.25, -0.2) is 0 Å². The maximum atomic E-state index is 5.57. The Balaban J connectivity index is 2.07. The molecule has 1 aromatic rings. The summed E-state index contributed by atoms with van der Waals surface area (Å²) in [5, 5.41) is 4.23. The average molecular weight is 262 g/mol. The summed E-state index contributed by atoms with van der Waals surface area (Å²) in [7, 11) is 0. The number of aryl methyl sites for hydroxylation is 1. The quantitative estimate of drug-likeness (QED) is 0.771. The van der Waals surface area contributed by atoms with E-state index in [2.05, 4.69) is 55.3 Å². The second-order valence-electron chi connectivity index (χ2n) is 5.34. The van der Waals surface area contributed by atoms with Crippen LogP contribution in [0.15, 0.2) is 24.3 Å². The Bertz CT molecular complexity index is 420. The third-order valence-electron chi connectivity index (χ3n) is 3.70. The summed E-state index contributed by atoms with van der Waals surface area (Å²) in [6, 6.07) is 9.44. The number of anilines is 1. The fourth-order valence-electron chi connectivity index (χ4n) is 2.73. The van der Waals surface area contributed by atoms with Crippen molar-refractivity contribution in [3.8, 4) is 0 Å². The third kappa shape index (κ3) is 3.02. The van der Waals surface area contributed by atoms with E-state index in [0.717, 1.165) is 10.8 Å². The van der Waals surface area contributed by atoms with Crippen LogP contribution in [0.5, 0.6) is 0 Å². The van der Waals surface area contributed by atoms with Gasteiger partial charge in [0.05, 0.1) is 0 Å². The molecule has 1 saturated heterocycles. The van der Waals surface area contributed by atoms with Gasteiger partial charge in [-0.15, -0.1) is 0 Å². The highest BCUT2D eigenvalue weighted by Gasteiger charge is 2.26. The van der Waals surface area contributed by atoms with Crippen LogP contribution in [0.2, 0.25) is 0 Å². The van der Waals surface area contributed by atoms with Gasteiger partial charge in [-0.05, 0) is 69.9 Å². The summed E-state index contributed by atoms with van der Waals surface area (Å²) in [5.74, 6) is 0. The standard InChI is InChI=1S/C15H22N2S/c1-11-6-4-9-14(10-11)16-15(18)17-12(2)7-5-8-13(17)3/h4,6,9-10,12-13H,5,7-8H2,1-3H3,(H,16,18). The second-order valence-corrected chi connectivity index (χ2v) is 5.72. The molecule has 0 radical (unpaired) electrons. The van der Waals surface area contributed by atoms with E-state index in [4.69, 9.17) is 12.2 Å². The topological polar surface area (TPSA) is 15.3 Å². The number of nitrogens with zero attached hydrogens (tertiary/aromatic N) is 1. The highest BCUT2D eigenvalue weighted by atomic mass is 32.1. The van der Waals surface area contributed by atoms with Crippen molar-refractivity contribution in [2.45, 2.75) is 52.1 Å². The molecule has 1 aromatic carbocycles. The number of hydrogen-bond acceptors (Lipinski definition) is 1. The molecular formula is C15H22N2S. The normalized spacial score (nSPS) is 23.8. The summed E-state index contributed by atoms with van der Waals surface area (Å²) < 4.78 is 0. The largest absolute Gasteiger partial charge is 0.344 e. The third-order valence-corrected chi connectivity index (χ3v) is 4.01. The zero-order valence-electron chi connectivity index (χ0n) is 11.4. The molecule has 1 fully saturated rings. The van der Waals surface area contributed by atoms with Gasteiger partial charge in [-0.3, -0.25) is 0 Å². The van der Waals surface area contributed by atoms with Crippen molar-refractivity contribution in [3.05, 3.63) is 29.8 Å². The highest BCUT2D eigenvalue weighted by Crippen LogP contribution is 2.23. The first-order chi connectivity index (χ1) is 8.58. The van der Waals surface area contributed by atoms with Crippen molar-refractivity contribution in [1.29, 1.82) is 0 Å². The van der Waals surface area contributed by atoms with E-state index in [1.807, 2.05) is 0 Å². The molecule has 2 atom stereocenters. The molecule has 98 valence electrons. The molecule has 0 saturated carbocycles. The smallest absolute Gasteiger partial charge is 0.173 e. The van der Waals surface area contributed by atoms with Gasteiger partial charge in [-0.1, -0.05) is 12.1 Å². The molecular weight excluding hydrogens is 240 g/mol. The summed E-state index contributed by atoms with van der Waals surface area (Å²) in [6.07, 6.45) is 3.78. The van der Waals surface area contributed by atoms with Crippen LogP contribution >= 0.6 is 12.2 Å². The number of likely N-dealkylation sites (tertiary alicyclic amines) is 1. The van der Waals surface area contributed by atoms with Gasteiger partial charge in [0, 0.05) is 17.8 Å². The van der Waals surface area contributed by atoms with Crippen LogP contribution in [0.25, 0.3) is 0 Å². The molecule has 2 rings (SSSR count). The van der Waals surface area contributed by atoms with Crippen LogP contribution in [0.4, 0.5) is 5.69 Å². The molecule has 0 spiro atoms. The predicted octanol–water partition coefficient (Wildman–Crippen LogP) is 3.95. The van der Waals surface area contributed by atoms with Gasteiger partial charge in [-0.2, -0.15) is 0 Å². The maximum absolute atomic E-state index is 5.57. The lowest BCUT2D eigenvalue weighted by Crippen LogP contribution is -2.49. The molecule has 3 heteroatoms. The van der Waals surface area contributed by atoms with Gasteiger partial charge < -0.3 is 10.2 Å². The van der Waals surface area contributed by atoms with E-state index >= 15 is 0 Å². The van der Waals surface area contributed by atoms with Crippen LogP contribution in [0.3, 0.4) is 0 Å². The van der Waals surface area contributed by atoms with Crippen molar-refractivity contribution in [2.75, 3.05) is 5.32 Å². The molecule has 0 bridgehead atoms. The average Bonchev–Trinajstić information content (AvgIpc) is 2.28. The first kappa shape index (κ1) is 13.3. The number of hydrogen-bond donors (Lipinski definition) is 1. The Morgan fingerprint density at radius 2 is 1.94 bits per heavy atom. The lowest BCUT2D eigenvalue weighted by molar-refractivity contribution is 0.194. The molecule has 0 aliphatic carbocycles. The minimum absolute atomic E-state index is 0.540. The van der Waals surface area contributed by atoms with Crippen molar-refractivity contribution < 1.29 is 0 Å². The van der Waals surface area contributed by atoms with E-state index in [-0.39, 0.29) is 0 Å². The Labute approximate surface area is 115 Å². The SMILES string of the molecule is Cc1cccc(NC(=S)N2C(C)CCCC2C)c1. The first-order valence-electron chi connectivity index (χ1n) is 6.74. The fourth-order valence-corrected chi connectivity index (χ4v) is 3.21. The summed E-state index contributed by atoms with van der Waals surface area (Å²) >= 11 is 5.57. The molecule has 1 aliphatic rings. The number of rotatable bonds is 1. The first-order valence-corrected chi connectivity index (χ1v) is 7.14. The van der Waals surface area contributed by atoms with Gasteiger partial charge in [0.2, 0.25) is 0 Å². The van der Waals surface area contributed by atoms with E-state index < -0.39 is 0 Å². The van der Waals surface area contributed by atoms with Crippen molar-refractivity contribution in [3.63, 3.8) is 0 Å². The number of benzene rings is 1. The van der Waals surface area contributed by atoms with Gasteiger partial charge in [0.25, 0.3) is 0 Å². The maximum Gasteiger partial charge on any atom is 0.173 e. The molecule has 1 N–H and O–H groups in total. The molecule has 2 unspecified atom stereocenters. The summed E-state index contributed by atoms with van der Waals surface area (Å²) in [5.41, 5.74) is 2.34. The summed E-state index contributed by atoms with van der Waals surface area (Å²) in [4.78, 5) is 2.35. The van der Waals surface area contributed by atoms with Gasteiger partial charge >= 0.3 is 0 Å². The predicted molar refractivity (Wildman–Crippen MR) is 82.0 cm³/mol. The van der Waals surface area contributed by atoms with E-state index in [9.17, 15) is 0 Å². The van der Waals surface area contributed by atoms with Crippen LogP contribution in [-0.4, -0.2) is 22.1 Å². The number of nitrogens with one attached hydrogen (secondary N) is 1. The minimum atomic E-state index is 0.540. The lowest BCUT2D eigenvalue weighted by Gasteiger charge is -2.40. The Kier molecular flexibility index (Phi) is 4.23. The Morgan fingerprint density at radius 1 is 1.28 bits per heavy atom. The van der Waals surface area contributed by atoms with Crippen LogP contribution in [0.1, 0.15) is 38.7 Å². The number of piperidine rings is 1. The lowest BCUT2D eigenvalue weighted by atomic mass is 9.98. The van der Waals surface area contributed by atoms with Gasteiger partial charge in [0.1, 0.15) is 0 Å². The van der Waals surface area contributed by atoms with Crippen molar-refractivity contribution in [2.24, 2.45) is 0 Å². The molecule has 2 nitrogen and oxygen atoms in total. The molecule has 0 aromatic heterocycles. The molecule has 0 amide bonds. The summed E-state index contributed by atoms with van der Waals surface area (Å²) in [6.45, 7) is 6.63. The molecule has 1 heterocycles. The van der Waals surface area contributed by atoms with E-state index in [1.165, 1.54) is 24.8 Å². The van der Waals surface area contributed by atoms with E-state index in [0.29, 0.717) is 12.1 Å². The van der Waals surface area contributed by atoms with Crippen LogP contribution < -0.4 is 5.32 Å². The fraction of sp³-hybridized carbons (Fsp3) is 0.533. The van der Waals surface area contributed by atoms with Crippen molar-refractivity contribution >= 4 is 23.0 Å². The minimum Gasteiger partial charge on any atom is -0.344 e. The van der Waals surface area contributed by atoms with Crippen LogP contribution in [-0.2, 0) is 0 Å². The number of thiocarbonyl (C=S) groups is 1. The Morgan fingerprint density at radius 3 is 2.56 bits per heavy atom. The van der Waals surface area contributed by atoms with Gasteiger partial charge in [0.15, 0.2) is 5.11 Å². The second kappa shape index (κ2) is 5.70. The molecule has 18 heavy (non-hydrogen) atoms. The van der Waals surface area contributed by atoms with Crippen LogP contribution in [0, 0.1) is 6.92 Å². The van der Waals surface area contributed by atoms with Crippen molar-refractivity contribution in [1.82, 2.24) is 4.90 Å².